The Hall–Kier alpha value is -2.36. The Morgan fingerprint density at radius 1 is 1.19 bits per heavy atom. The fourth-order valence-electron chi connectivity index (χ4n) is 2.22. The molecule has 0 fully saturated rings. The smallest absolute Gasteiger partial charge is 0.179 e. The summed E-state index contributed by atoms with van der Waals surface area (Å²) >= 11 is 0. The molecule has 0 saturated heterocycles. The van der Waals surface area contributed by atoms with E-state index in [4.69, 9.17) is 9.47 Å². The van der Waals surface area contributed by atoms with Gasteiger partial charge in [0.1, 0.15) is 0 Å². The van der Waals surface area contributed by atoms with Gasteiger partial charge in [0, 0.05) is 11.6 Å². The lowest BCUT2D eigenvalue weighted by Crippen LogP contribution is -2.34. The van der Waals surface area contributed by atoms with Gasteiger partial charge in [0.05, 0.1) is 19.8 Å². The van der Waals surface area contributed by atoms with Crippen molar-refractivity contribution in [2.75, 3.05) is 14.2 Å². The van der Waals surface area contributed by atoms with Crippen LogP contribution in [-0.4, -0.2) is 20.0 Å². The minimum Gasteiger partial charge on any atom is -0.493 e. The molecule has 1 aromatic carbocycles. The lowest BCUT2D eigenvalue weighted by molar-refractivity contribution is -0.688. The van der Waals surface area contributed by atoms with Gasteiger partial charge in [-0.05, 0) is 37.6 Å². The molecule has 0 aliphatic carbocycles. The van der Waals surface area contributed by atoms with Gasteiger partial charge in [-0.2, -0.15) is 0 Å². The molecular formula is C17H20NO3+. The van der Waals surface area contributed by atoms with Gasteiger partial charge in [-0.25, -0.2) is 4.57 Å². The van der Waals surface area contributed by atoms with Gasteiger partial charge in [0.15, 0.2) is 36.2 Å². The molecule has 0 atom stereocenters. The fraction of sp³-hybridized carbons (Fsp3) is 0.294. The zero-order valence-electron chi connectivity index (χ0n) is 12.8. The lowest BCUT2D eigenvalue weighted by Gasteiger charge is -2.11. The van der Waals surface area contributed by atoms with Gasteiger partial charge in [-0.15, -0.1) is 0 Å². The predicted molar refractivity (Wildman–Crippen MR) is 80.0 cm³/mol. The van der Waals surface area contributed by atoms with E-state index < -0.39 is 0 Å². The Morgan fingerprint density at radius 2 is 1.86 bits per heavy atom. The van der Waals surface area contributed by atoms with Gasteiger partial charge in [-0.1, -0.05) is 0 Å². The summed E-state index contributed by atoms with van der Waals surface area (Å²) in [5, 5.41) is 0. The molecule has 21 heavy (non-hydrogen) atoms. The van der Waals surface area contributed by atoms with Gasteiger partial charge < -0.3 is 9.47 Å². The minimum absolute atomic E-state index is 0.0633. The van der Waals surface area contributed by atoms with Crippen LogP contribution in [0.4, 0.5) is 0 Å². The minimum atomic E-state index is 0.0633. The number of Topliss-reactive ketones (excluding diaryl/α,β-unsaturated/α-hetero) is 1. The molecule has 0 aliphatic heterocycles. The van der Waals surface area contributed by atoms with Crippen molar-refractivity contribution in [1.82, 2.24) is 0 Å². The first-order valence-corrected chi connectivity index (χ1v) is 6.76. The van der Waals surface area contributed by atoms with Crippen LogP contribution < -0.4 is 14.0 Å². The first-order valence-electron chi connectivity index (χ1n) is 6.76. The van der Waals surface area contributed by atoms with Crippen molar-refractivity contribution in [3.8, 4) is 11.5 Å². The summed E-state index contributed by atoms with van der Waals surface area (Å²) in [6.07, 6.45) is 3.81. The van der Waals surface area contributed by atoms with E-state index in [9.17, 15) is 4.79 Å². The van der Waals surface area contributed by atoms with E-state index in [1.165, 1.54) is 0 Å². The highest BCUT2D eigenvalue weighted by atomic mass is 16.5. The van der Waals surface area contributed by atoms with Gasteiger partial charge >= 0.3 is 0 Å². The number of nitrogens with zero attached hydrogens (tertiary/aromatic N) is 1. The van der Waals surface area contributed by atoms with Crippen LogP contribution in [0.15, 0.2) is 36.7 Å². The topological polar surface area (TPSA) is 39.4 Å². The van der Waals surface area contributed by atoms with Gasteiger partial charge in [0.2, 0.25) is 0 Å². The molecule has 0 amide bonds. The van der Waals surface area contributed by atoms with E-state index in [0.29, 0.717) is 17.9 Å². The van der Waals surface area contributed by atoms with E-state index in [2.05, 4.69) is 0 Å². The van der Waals surface area contributed by atoms with Crippen LogP contribution in [0.5, 0.6) is 11.5 Å². The molecule has 2 rings (SSSR count). The number of ether oxygens (including phenoxy) is 2. The monoisotopic (exact) mass is 286 g/mol. The van der Waals surface area contributed by atoms with Crippen LogP contribution in [0, 0.1) is 6.92 Å². The number of pyridine rings is 1. The van der Waals surface area contributed by atoms with Crippen LogP contribution in [0.1, 0.15) is 28.4 Å². The molecule has 0 N–H and O–H groups in total. The van der Waals surface area contributed by atoms with Crippen molar-refractivity contribution < 1.29 is 18.8 Å². The van der Waals surface area contributed by atoms with E-state index in [1.807, 2.05) is 48.1 Å². The maximum absolute atomic E-state index is 11.5. The summed E-state index contributed by atoms with van der Waals surface area (Å²) in [6.45, 7) is 4.28. The number of hydrogen-bond acceptors (Lipinski definition) is 3. The Bertz CT molecular complexity index is 665. The van der Waals surface area contributed by atoms with E-state index in [-0.39, 0.29) is 5.78 Å². The highest BCUT2D eigenvalue weighted by molar-refractivity contribution is 5.93. The van der Waals surface area contributed by atoms with Crippen molar-refractivity contribution >= 4 is 5.78 Å². The molecule has 4 heteroatoms. The number of ketones is 1. The summed E-state index contributed by atoms with van der Waals surface area (Å²) < 4.78 is 12.6. The quantitative estimate of drug-likeness (QED) is 0.626. The van der Waals surface area contributed by atoms with Gasteiger partial charge in [0.25, 0.3) is 0 Å². The SMILES string of the molecule is COc1cc(C)c(C[n+]2cccc(C(C)=O)c2)cc1OC. The molecule has 0 spiro atoms. The van der Waals surface area contributed by atoms with E-state index in [1.54, 1.807) is 21.1 Å². The maximum atomic E-state index is 11.5. The standard InChI is InChI=1S/C17H20NO3/c1-12-8-16(20-3)17(21-4)9-15(12)11-18-7-5-6-14(10-18)13(2)19/h5-10H,11H2,1-4H3/q+1. The predicted octanol–water partition coefficient (Wildman–Crippen LogP) is 2.55. The summed E-state index contributed by atoms with van der Waals surface area (Å²) in [5.41, 5.74) is 2.95. The van der Waals surface area contributed by atoms with Crippen molar-refractivity contribution in [1.29, 1.82) is 0 Å². The summed E-state index contributed by atoms with van der Waals surface area (Å²) in [6, 6.07) is 7.64. The normalized spacial score (nSPS) is 10.3. The summed E-state index contributed by atoms with van der Waals surface area (Å²) in [4.78, 5) is 11.5. The Kier molecular flexibility index (Phi) is 4.58. The highest BCUT2D eigenvalue weighted by Gasteiger charge is 2.13. The number of aryl methyl sites for hydroxylation is 1. The van der Waals surface area contributed by atoms with Crippen LogP contribution in [-0.2, 0) is 6.54 Å². The van der Waals surface area contributed by atoms with E-state index >= 15 is 0 Å². The van der Waals surface area contributed by atoms with Crippen LogP contribution in [0.25, 0.3) is 0 Å². The Labute approximate surface area is 124 Å². The van der Waals surface area contributed by atoms with Crippen molar-refractivity contribution in [2.24, 2.45) is 0 Å². The molecule has 0 unspecified atom stereocenters. The molecule has 110 valence electrons. The number of carbonyl (C=O) groups excluding carboxylic acids is 1. The Balaban J connectivity index is 2.35. The molecule has 1 aromatic heterocycles. The second-order valence-corrected chi connectivity index (χ2v) is 4.95. The summed E-state index contributed by atoms with van der Waals surface area (Å²) in [7, 11) is 3.25. The van der Waals surface area contributed by atoms with Crippen molar-refractivity contribution in [3.63, 3.8) is 0 Å². The third kappa shape index (κ3) is 3.40. The average molecular weight is 286 g/mol. The molecule has 0 aliphatic rings. The molecule has 0 saturated carbocycles. The third-order valence-electron chi connectivity index (χ3n) is 3.46. The molecule has 0 radical (unpaired) electrons. The maximum Gasteiger partial charge on any atom is 0.179 e. The largest absolute Gasteiger partial charge is 0.493 e. The summed E-state index contributed by atoms with van der Waals surface area (Å²) in [5.74, 6) is 1.50. The number of rotatable bonds is 5. The van der Waals surface area contributed by atoms with Crippen LogP contribution >= 0.6 is 0 Å². The van der Waals surface area contributed by atoms with Crippen molar-refractivity contribution in [2.45, 2.75) is 20.4 Å². The highest BCUT2D eigenvalue weighted by Crippen LogP contribution is 2.30. The first kappa shape index (κ1) is 15.0. The first-order chi connectivity index (χ1) is 10.0. The molecule has 0 bridgehead atoms. The third-order valence-corrected chi connectivity index (χ3v) is 3.46. The molecule has 2 aromatic rings. The molecule has 1 heterocycles. The second kappa shape index (κ2) is 6.39. The Morgan fingerprint density at radius 3 is 2.48 bits per heavy atom. The number of carbonyl (C=O) groups is 1. The lowest BCUT2D eigenvalue weighted by atomic mass is 10.1. The number of aromatic nitrogens is 1. The molecular weight excluding hydrogens is 266 g/mol. The number of hydrogen-bond donors (Lipinski definition) is 0. The second-order valence-electron chi connectivity index (χ2n) is 4.95. The van der Waals surface area contributed by atoms with Gasteiger partial charge in [-0.3, -0.25) is 4.79 Å². The van der Waals surface area contributed by atoms with Crippen LogP contribution in [0.3, 0.4) is 0 Å². The zero-order chi connectivity index (χ0) is 15.4. The van der Waals surface area contributed by atoms with E-state index in [0.717, 1.165) is 16.9 Å². The average Bonchev–Trinajstić information content (AvgIpc) is 2.49. The number of benzene rings is 1. The number of methoxy groups -OCH3 is 2. The van der Waals surface area contributed by atoms with Crippen molar-refractivity contribution in [3.05, 3.63) is 53.3 Å². The fourth-order valence-corrected chi connectivity index (χ4v) is 2.22. The van der Waals surface area contributed by atoms with Crippen LogP contribution in [0.2, 0.25) is 0 Å². The zero-order valence-corrected chi connectivity index (χ0v) is 12.8. The molecule has 4 nitrogen and oxygen atoms in total.